The molecule has 1 fully saturated rings. The summed E-state index contributed by atoms with van der Waals surface area (Å²) in [6, 6.07) is 0. The Morgan fingerprint density at radius 3 is 2.09 bits per heavy atom. The molecule has 11 heavy (non-hydrogen) atoms. The van der Waals surface area contributed by atoms with E-state index in [0.717, 1.165) is 5.92 Å². The van der Waals surface area contributed by atoms with Crippen molar-refractivity contribution in [2.75, 3.05) is 0 Å². The minimum absolute atomic E-state index is 0.113. The van der Waals surface area contributed by atoms with Gasteiger partial charge in [0, 0.05) is 0 Å². The maximum Gasteiger partial charge on any atom is 0.0540 e. The van der Waals surface area contributed by atoms with E-state index in [2.05, 4.69) is 6.92 Å². The van der Waals surface area contributed by atoms with Crippen molar-refractivity contribution in [2.45, 2.75) is 52.1 Å². The summed E-state index contributed by atoms with van der Waals surface area (Å²) in [6.07, 6.45) is 6.73. The van der Waals surface area contributed by atoms with E-state index < -0.39 is 0 Å². The fraction of sp³-hybridized carbons (Fsp3) is 1.00. The first kappa shape index (κ1) is 9.05. The minimum Gasteiger partial charge on any atom is -0.393 e. The van der Waals surface area contributed by atoms with Crippen LogP contribution in [-0.2, 0) is 0 Å². The first-order valence-electron chi connectivity index (χ1n) is 4.90. The molecule has 0 heterocycles. The van der Waals surface area contributed by atoms with Gasteiger partial charge in [0.05, 0.1) is 6.10 Å². The molecule has 0 saturated heterocycles. The summed E-state index contributed by atoms with van der Waals surface area (Å²) in [5.74, 6) is 1.30. The highest BCUT2D eigenvalue weighted by Crippen LogP contribution is 2.31. The highest BCUT2D eigenvalue weighted by Gasteiger charge is 2.22. The highest BCUT2D eigenvalue weighted by atomic mass is 16.3. The van der Waals surface area contributed by atoms with Crippen LogP contribution in [0.5, 0.6) is 0 Å². The van der Waals surface area contributed by atoms with Crippen molar-refractivity contribution in [3.63, 3.8) is 0 Å². The normalized spacial score (nSPS) is 26.5. The molecule has 0 unspecified atom stereocenters. The van der Waals surface area contributed by atoms with E-state index in [0.29, 0.717) is 5.92 Å². The van der Waals surface area contributed by atoms with Crippen molar-refractivity contribution in [3.05, 3.63) is 0 Å². The van der Waals surface area contributed by atoms with Gasteiger partial charge >= 0.3 is 0 Å². The third kappa shape index (κ3) is 2.48. The molecule has 0 spiro atoms. The lowest BCUT2D eigenvalue weighted by Gasteiger charge is -2.29. The molecule has 2 atom stereocenters. The number of aliphatic hydroxyl groups excluding tert-OH is 1. The molecule has 1 rings (SSSR count). The van der Waals surface area contributed by atoms with Crippen molar-refractivity contribution in [2.24, 2.45) is 11.8 Å². The lowest BCUT2D eigenvalue weighted by atomic mass is 9.79. The Hall–Kier alpha value is -0.0400. The Morgan fingerprint density at radius 2 is 1.64 bits per heavy atom. The predicted molar refractivity (Wildman–Crippen MR) is 47.4 cm³/mol. The van der Waals surface area contributed by atoms with Gasteiger partial charge in [0.15, 0.2) is 0 Å². The second-order valence-electron chi connectivity index (χ2n) is 4.00. The Bertz CT molecular complexity index is 103. The van der Waals surface area contributed by atoms with E-state index in [1.54, 1.807) is 0 Å². The molecule has 1 heteroatoms. The molecule has 1 aliphatic carbocycles. The van der Waals surface area contributed by atoms with Crippen LogP contribution in [0.1, 0.15) is 46.0 Å². The summed E-state index contributed by atoms with van der Waals surface area (Å²) in [5, 5.41) is 9.37. The summed E-state index contributed by atoms with van der Waals surface area (Å²) >= 11 is 0. The lowest BCUT2D eigenvalue weighted by Crippen LogP contribution is -2.24. The first-order chi connectivity index (χ1) is 5.22. The van der Waals surface area contributed by atoms with Crippen LogP contribution in [0.15, 0.2) is 0 Å². The Labute approximate surface area is 69.8 Å². The molecule has 0 aromatic carbocycles. The zero-order valence-corrected chi connectivity index (χ0v) is 7.71. The van der Waals surface area contributed by atoms with E-state index in [4.69, 9.17) is 0 Å². The van der Waals surface area contributed by atoms with Gasteiger partial charge in [-0.1, -0.05) is 39.0 Å². The quantitative estimate of drug-likeness (QED) is 0.651. The first-order valence-corrected chi connectivity index (χ1v) is 4.90. The Kier molecular flexibility index (Phi) is 3.38. The molecule has 0 aromatic rings. The highest BCUT2D eigenvalue weighted by molar-refractivity contribution is 4.73. The standard InChI is InChI=1S/C10H20O/c1-8(9(2)11)10-6-4-3-5-7-10/h8-11H,3-7H2,1-2H3/t8-,9+/m1/s1. The zero-order valence-electron chi connectivity index (χ0n) is 7.71. The second kappa shape index (κ2) is 4.10. The summed E-state index contributed by atoms with van der Waals surface area (Å²) in [5.41, 5.74) is 0. The molecule has 1 aliphatic rings. The molecular formula is C10H20O. The van der Waals surface area contributed by atoms with Gasteiger partial charge in [-0.2, -0.15) is 0 Å². The lowest BCUT2D eigenvalue weighted by molar-refractivity contribution is 0.0835. The van der Waals surface area contributed by atoms with Gasteiger partial charge in [0.1, 0.15) is 0 Å². The van der Waals surface area contributed by atoms with Gasteiger partial charge in [-0.05, 0) is 18.8 Å². The van der Waals surface area contributed by atoms with E-state index in [1.807, 2.05) is 6.92 Å². The van der Waals surface area contributed by atoms with E-state index in [-0.39, 0.29) is 6.10 Å². The van der Waals surface area contributed by atoms with Crippen molar-refractivity contribution in [1.82, 2.24) is 0 Å². The van der Waals surface area contributed by atoms with Crippen LogP contribution in [0.4, 0.5) is 0 Å². The van der Waals surface area contributed by atoms with Crippen LogP contribution < -0.4 is 0 Å². The van der Waals surface area contributed by atoms with Gasteiger partial charge in [0.2, 0.25) is 0 Å². The molecular weight excluding hydrogens is 136 g/mol. The Balaban J connectivity index is 2.32. The number of rotatable bonds is 2. The predicted octanol–water partition coefficient (Wildman–Crippen LogP) is 2.58. The van der Waals surface area contributed by atoms with Gasteiger partial charge < -0.3 is 5.11 Å². The molecule has 66 valence electrons. The van der Waals surface area contributed by atoms with Gasteiger partial charge in [0.25, 0.3) is 0 Å². The number of hydrogen-bond donors (Lipinski definition) is 1. The molecule has 1 nitrogen and oxygen atoms in total. The maximum atomic E-state index is 9.37. The average molecular weight is 156 g/mol. The monoisotopic (exact) mass is 156 g/mol. The maximum absolute atomic E-state index is 9.37. The second-order valence-corrected chi connectivity index (χ2v) is 4.00. The van der Waals surface area contributed by atoms with Gasteiger partial charge in [-0.25, -0.2) is 0 Å². The molecule has 0 radical (unpaired) electrons. The molecule has 1 N–H and O–H groups in total. The SMILES string of the molecule is C[C@H](O)[C@@H](C)C1CCCCC1. The van der Waals surface area contributed by atoms with Crippen molar-refractivity contribution >= 4 is 0 Å². The molecule has 0 amide bonds. The van der Waals surface area contributed by atoms with Crippen molar-refractivity contribution in [3.8, 4) is 0 Å². The van der Waals surface area contributed by atoms with E-state index in [9.17, 15) is 5.11 Å². The summed E-state index contributed by atoms with van der Waals surface area (Å²) in [4.78, 5) is 0. The fourth-order valence-electron chi connectivity index (χ4n) is 2.05. The summed E-state index contributed by atoms with van der Waals surface area (Å²) in [7, 11) is 0. The smallest absolute Gasteiger partial charge is 0.0540 e. The third-order valence-electron chi connectivity index (χ3n) is 3.15. The number of hydrogen-bond acceptors (Lipinski definition) is 1. The third-order valence-corrected chi connectivity index (χ3v) is 3.15. The van der Waals surface area contributed by atoms with Gasteiger partial charge in [-0.3, -0.25) is 0 Å². The largest absolute Gasteiger partial charge is 0.393 e. The van der Waals surface area contributed by atoms with Crippen LogP contribution in [-0.4, -0.2) is 11.2 Å². The van der Waals surface area contributed by atoms with E-state index in [1.165, 1.54) is 32.1 Å². The van der Waals surface area contributed by atoms with Crippen molar-refractivity contribution in [1.29, 1.82) is 0 Å². The molecule has 0 aliphatic heterocycles. The fourth-order valence-corrected chi connectivity index (χ4v) is 2.05. The topological polar surface area (TPSA) is 20.2 Å². The van der Waals surface area contributed by atoms with Crippen LogP contribution >= 0.6 is 0 Å². The zero-order chi connectivity index (χ0) is 8.27. The van der Waals surface area contributed by atoms with Crippen LogP contribution in [0.3, 0.4) is 0 Å². The van der Waals surface area contributed by atoms with Crippen LogP contribution in [0.2, 0.25) is 0 Å². The minimum atomic E-state index is -0.113. The van der Waals surface area contributed by atoms with Crippen LogP contribution in [0, 0.1) is 11.8 Å². The Morgan fingerprint density at radius 1 is 1.09 bits per heavy atom. The molecule has 0 aromatic heterocycles. The molecule has 0 bridgehead atoms. The average Bonchev–Trinajstić information content (AvgIpc) is 2.05. The van der Waals surface area contributed by atoms with Gasteiger partial charge in [-0.15, -0.1) is 0 Å². The summed E-state index contributed by atoms with van der Waals surface area (Å²) < 4.78 is 0. The van der Waals surface area contributed by atoms with Crippen molar-refractivity contribution < 1.29 is 5.11 Å². The number of aliphatic hydroxyl groups is 1. The van der Waals surface area contributed by atoms with E-state index >= 15 is 0 Å². The van der Waals surface area contributed by atoms with Crippen LogP contribution in [0.25, 0.3) is 0 Å². The summed E-state index contributed by atoms with van der Waals surface area (Å²) in [6.45, 7) is 4.10. The molecule has 1 saturated carbocycles.